The molecule has 4 nitrogen and oxygen atoms in total. The van der Waals surface area contributed by atoms with Gasteiger partial charge in [0.2, 0.25) is 0 Å². The van der Waals surface area contributed by atoms with E-state index in [0.717, 1.165) is 38.9 Å². The summed E-state index contributed by atoms with van der Waals surface area (Å²) in [5.74, 6) is -0.976. The minimum absolute atomic E-state index is 0.259. The molecular formula is C25H27NO3. The van der Waals surface area contributed by atoms with Crippen LogP contribution in [-0.4, -0.2) is 22.2 Å². The van der Waals surface area contributed by atoms with Crippen molar-refractivity contribution in [2.24, 2.45) is 0 Å². The predicted molar refractivity (Wildman–Crippen MR) is 114 cm³/mol. The van der Waals surface area contributed by atoms with Crippen LogP contribution in [0.4, 0.5) is 0 Å². The Balaban J connectivity index is 2.08. The highest BCUT2D eigenvalue weighted by Gasteiger charge is 2.29. The van der Waals surface area contributed by atoms with Crippen LogP contribution in [0.3, 0.4) is 0 Å². The number of carboxylic acids is 1. The van der Waals surface area contributed by atoms with Gasteiger partial charge in [0.1, 0.15) is 6.10 Å². The lowest BCUT2D eigenvalue weighted by Gasteiger charge is -2.28. The van der Waals surface area contributed by atoms with Gasteiger partial charge in [-0.15, -0.1) is 0 Å². The molecule has 1 heterocycles. The van der Waals surface area contributed by atoms with Gasteiger partial charge in [0.25, 0.3) is 0 Å². The van der Waals surface area contributed by atoms with E-state index in [2.05, 4.69) is 4.98 Å². The topological polar surface area (TPSA) is 59.4 Å². The van der Waals surface area contributed by atoms with Gasteiger partial charge >= 0.3 is 5.97 Å². The fourth-order valence-electron chi connectivity index (χ4n) is 3.85. The minimum atomic E-state index is -0.984. The van der Waals surface area contributed by atoms with Crippen LogP contribution in [0.25, 0.3) is 0 Å². The van der Waals surface area contributed by atoms with Crippen molar-refractivity contribution in [1.82, 2.24) is 4.98 Å². The first-order valence-corrected chi connectivity index (χ1v) is 9.78. The Morgan fingerprint density at radius 1 is 0.897 bits per heavy atom. The average molecular weight is 389 g/mol. The van der Waals surface area contributed by atoms with Crippen LogP contribution in [-0.2, 0) is 16.0 Å². The van der Waals surface area contributed by atoms with Crippen LogP contribution < -0.4 is 0 Å². The molecule has 150 valence electrons. The normalized spacial score (nSPS) is 12.2. The second-order valence-electron chi connectivity index (χ2n) is 7.52. The molecule has 2 aromatic carbocycles. The lowest BCUT2D eigenvalue weighted by molar-refractivity contribution is -0.153. The summed E-state index contributed by atoms with van der Waals surface area (Å²) in [6.07, 6.45) is 2.18. The number of carbonyl (C=O) groups is 1. The van der Waals surface area contributed by atoms with E-state index in [1.807, 2.05) is 76.2 Å². The largest absolute Gasteiger partial charge is 0.479 e. The lowest BCUT2D eigenvalue weighted by Crippen LogP contribution is -2.30. The number of hydrogen-bond donors (Lipinski definition) is 1. The van der Waals surface area contributed by atoms with Crippen molar-refractivity contribution in [3.05, 3.63) is 99.9 Å². The highest BCUT2D eigenvalue weighted by molar-refractivity contribution is 5.73. The summed E-state index contributed by atoms with van der Waals surface area (Å²) in [5, 5.41) is 9.91. The molecule has 1 atom stereocenters. The summed E-state index contributed by atoms with van der Waals surface area (Å²) in [7, 11) is 0. The number of pyridine rings is 1. The lowest BCUT2D eigenvalue weighted by atomic mass is 9.88. The molecule has 0 bridgehead atoms. The Labute approximate surface area is 172 Å². The number of benzene rings is 2. The predicted octanol–water partition coefficient (Wildman–Crippen LogP) is 5.12. The molecule has 0 saturated carbocycles. The van der Waals surface area contributed by atoms with E-state index in [9.17, 15) is 9.90 Å². The zero-order chi connectivity index (χ0) is 21.0. The van der Waals surface area contributed by atoms with Crippen LogP contribution in [0, 0.1) is 27.7 Å². The minimum Gasteiger partial charge on any atom is -0.479 e. The molecule has 3 rings (SSSR count). The Kier molecular flexibility index (Phi) is 6.45. The van der Waals surface area contributed by atoms with Crippen LogP contribution in [0.15, 0.2) is 60.9 Å². The van der Waals surface area contributed by atoms with Crippen molar-refractivity contribution >= 4 is 5.97 Å². The Morgan fingerprint density at radius 3 is 1.83 bits per heavy atom. The molecule has 1 aromatic heterocycles. The summed E-state index contributed by atoms with van der Waals surface area (Å²) in [4.78, 5) is 16.2. The van der Waals surface area contributed by atoms with Gasteiger partial charge in [-0.3, -0.25) is 4.98 Å². The Bertz CT molecular complexity index is 906. The number of nitrogens with zero attached hydrogens (tertiary/aromatic N) is 1. The first-order valence-electron chi connectivity index (χ1n) is 9.78. The first-order chi connectivity index (χ1) is 13.9. The van der Waals surface area contributed by atoms with Crippen molar-refractivity contribution in [3.8, 4) is 0 Å². The number of aromatic nitrogens is 1. The number of rotatable bonds is 7. The van der Waals surface area contributed by atoms with E-state index in [0.29, 0.717) is 0 Å². The standard InChI is InChI=1S/C25H27NO3/c1-16-8-5-9-17(2)22(16)24(23-18(3)10-6-11-19(23)4)29-21(25(27)28)14-20-12-7-13-26-15-20/h5-13,15,21,24H,14H2,1-4H3,(H,27,28). The van der Waals surface area contributed by atoms with E-state index >= 15 is 0 Å². The van der Waals surface area contributed by atoms with E-state index < -0.39 is 18.2 Å². The fourth-order valence-corrected chi connectivity index (χ4v) is 3.85. The molecule has 1 unspecified atom stereocenters. The van der Waals surface area contributed by atoms with Crippen molar-refractivity contribution in [3.63, 3.8) is 0 Å². The van der Waals surface area contributed by atoms with Crippen LogP contribution in [0.1, 0.15) is 45.0 Å². The maximum atomic E-state index is 12.1. The second kappa shape index (κ2) is 9.01. The third-order valence-electron chi connectivity index (χ3n) is 5.33. The monoisotopic (exact) mass is 389 g/mol. The van der Waals surface area contributed by atoms with Crippen molar-refractivity contribution in [2.75, 3.05) is 0 Å². The molecule has 0 saturated heterocycles. The zero-order valence-electron chi connectivity index (χ0n) is 17.3. The summed E-state index contributed by atoms with van der Waals surface area (Å²) < 4.78 is 6.38. The fraction of sp³-hybridized carbons (Fsp3) is 0.280. The zero-order valence-corrected chi connectivity index (χ0v) is 17.3. The van der Waals surface area contributed by atoms with Gasteiger partial charge in [-0.1, -0.05) is 42.5 Å². The van der Waals surface area contributed by atoms with Crippen molar-refractivity contribution < 1.29 is 14.6 Å². The van der Waals surface area contributed by atoms with E-state index in [-0.39, 0.29) is 6.42 Å². The number of carboxylic acid groups (broad SMARTS) is 1. The van der Waals surface area contributed by atoms with Gasteiger partial charge in [0, 0.05) is 18.8 Å². The van der Waals surface area contributed by atoms with E-state index in [4.69, 9.17) is 4.74 Å². The number of hydrogen-bond acceptors (Lipinski definition) is 3. The summed E-state index contributed by atoms with van der Waals surface area (Å²) >= 11 is 0. The van der Waals surface area contributed by atoms with Crippen LogP contribution in [0.2, 0.25) is 0 Å². The number of ether oxygens (including phenoxy) is 1. The molecule has 0 amide bonds. The van der Waals surface area contributed by atoms with Gasteiger partial charge in [0.05, 0.1) is 0 Å². The van der Waals surface area contributed by atoms with Crippen LogP contribution >= 0.6 is 0 Å². The third-order valence-corrected chi connectivity index (χ3v) is 5.33. The van der Waals surface area contributed by atoms with Gasteiger partial charge in [-0.05, 0) is 72.7 Å². The van der Waals surface area contributed by atoms with Gasteiger partial charge < -0.3 is 9.84 Å². The Morgan fingerprint density at radius 2 is 1.41 bits per heavy atom. The van der Waals surface area contributed by atoms with Crippen LogP contribution in [0.5, 0.6) is 0 Å². The maximum absolute atomic E-state index is 12.1. The second-order valence-corrected chi connectivity index (χ2v) is 7.52. The van der Waals surface area contributed by atoms with Gasteiger partial charge in [-0.2, -0.15) is 0 Å². The summed E-state index contributed by atoms with van der Waals surface area (Å²) in [5.41, 5.74) is 7.24. The molecule has 1 N–H and O–H groups in total. The molecule has 0 radical (unpaired) electrons. The first kappa shape index (κ1) is 20.7. The molecule has 29 heavy (non-hydrogen) atoms. The number of aryl methyl sites for hydroxylation is 4. The highest BCUT2D eigenvalue weighted by atomic mass is 16.5. The maximum Gasteiger partial charge on any atom is 0.333 e. The van der Waals surface area contributed by atoms with Crippen molar-refractivity contribution in [2.45, 2.75) is 46.3 Å². The smallest absolute Gasteiger partial charge is 0.333 e. The molecule has 0 aliphatic rings. The quantitative estimate of drug-likeness (QED) is 0.609. The molecule has 0 spiro atoms. The molecule has 3 aromatic rings. The van der Waals surface area contributed by atoms with E-state index in [1.54, 1.807) is 12.4 Å². The van der Waals surface area contributed by atoms with Crippen molar-refractivity contribution in [1.29, 1.82) is 0 Å². The SMILES string of the molecule is Cc1cccc(C)c1C(OC(Cc1cccnc1)C(=O)O)c1c(C)cccc1C. The summed E-state index contributed by atoms with van der Waals surface area (Å²) in [6, 6.07) is 15.9. The molecule has 0 fully saturated rings. The summed E-state index contributed by atoms with van der Waals surface area (Å²) in [6.45, 7) is 8.18. The van der Waals surface area contributed by atoms with Gasteiger partial charge in [-0.25, -0.2) is 4.79 Å². The molecular weight excluding hydrogens is 362 g/mol. The molecule has 4 heteroatoms. The Hall–Kier alpha value is -2.98. The molecule has 0 aliphatic heterocycles. The molecule has 0 aliphatic carbocycles. The van der Waals surface area contributed by atoms with E-state index in [1.165, 1.54) is 0 Å². The highest BCUT2D eigenvalue weighted by Crippen LogP contribution is 2.36. The number of aliphatic carboxylic acids is 1. The average Bonchev–Trinajstić information content (AvgIpc) is 2.67. The third kappa shape index (κ3) is 4.72. The van der Waals surface area contributed by atoms with Gasteiger partial charge in [0.15, 0.2) is 6.10 Å².